The van der Waals surface area contributed by atoms with Gasteiger partial charge in [-0.05, 0) is 24.3 Å². The van der Waals surface area contributed by atoms with Crippen LogP contribution in [0.3, 0.4) is 0 Å². The van der Waals surface area contributed by atoms with Gasteiger partial charge >= 0.3 is 0 Å². The fraction of sp³-hybridized carbons (Fsp3) is 0. The second-order valence-electron chi connectivity index (χ2n) is 2.94. The fourth-order valence-electron chi connectivity index (χ4n) is 1.16. The van der Waals surface area contributed by atoms with E-state index in [-0.39, 0.29) is 11.4 Å². The van der Waals surface area contributed by atoms with Crippen LogP contribution in [0.15, 0.2) is 36.7 Å². The Morgan fingerprint density at radius 3 is 2.53 bits per heavy atom. The highest BCUT2D eigenvalue weighted by atomic mass is 19.1. The van der Waals surface area contributed by atoms with Crippen molar-refractivity contribution < 1.29 is 14.3 Å². The lowest BCUT2D eigenvalue weighted by atomic mass is 10.3. The van der Waals surface area contributed by atoms with Crippen molar-refractivity contribution in [2.75, 3.05) is 0 Å². The number of hydrogen-bond donors (Lipinski definition) is 0. The van der Waals surface area contributed by atoms with E-state index in [1.54, 1.807) is 0 Å². The minimum absolute atomic E-state index is 0.0145. The van der Waals surface area contributed by atoms with E-state index in [9.17, 15) is 14.3 Å². The molecule has 0 saturated carbocycles. The number of benzene rings is 1. The van der Waals surface area contributed by atoms with Crippen molar-refractivity contribution in [3.63, 3.8) is 0 Å². The summed E-state index contributed by atoms with van der Waals surface area (Å²) in [5.74, 6) is -1.64. The molecule has 1 aromatic heterocycles. The Bertz CT molecular complexity index is 490. The molecule has 15 heavy (non-hydrogen) atoms. The van der Waals surface area contributed by atoms with Crippen molar-refractivity contribution in [3.05, 3.63) is 48.0 Å². The van der Waals surface area contributed by atoms with Crippen molar-refractivity contribution >= 4 is 5.97 Å². The molecule has 0 aliphatic rings. The van der Waals surface area contributed by atoms with Crippen LogP contribution in [0.1, 0.15) is 10.4 Å². The summed E-state index contributed by atoms with van der Waals surface area (Å²) in [5.41, 5.74) is 0.572. The van der Waals surface area contributed by atoms with Gasteiger partial charge in [-0.2, -0.15) is 5.10 Å². The summed E-state index contributed by atoms with van der Waals surface area (Å²) in [6.07, 6.45) is 2.49. The third kappa shape index (κ3) is 1.85. The largest absolute Gasteiger partial charge is 0.545 e. The maximum absolute atomic E-state index is 12.6. The monoisotopic (exact) mass is 205 g/mol. The molecule has 0 amide bonds. The van der Waals surface area contributed by atoms with Gasteiger partial charge in [0.15, 0.2) is 0 Å². The molecule has 1 aromatic carbocycles. The fourth-order valence-corrected chi connectivity index (χ4v) is 1.16. The molecule has 2 aromatic rings. The summed E-state index contributed by atoms with van der Waals surface area (Å²) < 4.78 is 13.9. The first kappa shape index (κ1) is 9.39. The zero-order chi connectivity index (χ0) is 10.8. The van der Waals surface area contributed by atoms with Crippen LogP contribution in [0.2, 0.25) is 0 Å². The topological polar surface area (TPSA) is 57.9 Å². The lowest BCUT2D eigenvalue weighted by molar-refractivity contribution is -0.255. The number of carbonyl (C=O) groups excluding carboxylic acids is 1. The average Bonchev–Trinajstić information content (AvgIpc) is 2.68. The van der Waals surface area contributed by atoms with Crippen molar-refractivity contribution in [2.45, 2.75) is 0 Å². The number of carboxylic acids is 1. The van der Waals surface area contributed by atoms with Gasteiger partial charge in [0.2, 0.25) is 0 Å². The molecule has 2 rings (SSSR count). The maximum Gasteiger partial charge on any atom is 0.123 e. The molecule has 0 unspecified atom stereocenters. The smallest absolute Gasteiger partial charge is 0.123 e. The normalized spacial score (nSPS) is 10.2. The maximum atomic E-state index is 12.6. The van der Waals surface area contributed by atoms with E-state index < -0.39 is 5.97 Å². The molecule has 5 heteroatoms. The molecule has 0 radical (unpaired) electrons. The molecule has 76 valence electrons. The zero-order valence-electron chi connectivity index (χ0n) is 7.55. The average molecular weight is 205 g/mol. The van der Waals surface area contributed by atoms with Crippen LogP contribution in [0.5, 0.6) is 0 Å². The number of carbonyl (C=O) groups is 1. The highest BCUT2D eigenvalue weighted by molar-refractivity contribution is 5.85. The quantitative estimate of drug-likeness (QED) is 0.711. The van der Waals surface area contributed by atoms with Crippen LogP contribution in [0.25, 0.3) is 5.69 Å². The predicted octanol–water partition coefficient (Wildman–Crippen LogP) is 0.375. The standard InChI is InChI=1S/C10H7FN2O2/c11-8-1-3-9(4-2-8)13-6-7(5-12-13)10(14)15/h1-6H,(H,14,15)/p-1. The first-order valence-electron chi connectivity index (χ1n) is 4.19. The number of aromatic carboxylic acids is 1. The number of halogens is 1. The van der Waals surface area contributed by atoms with E-state index >= 15 is 0 Å². The van der Waals surface area contributed by atoms with Gasteiger partial charge in [-0.25, -0.2) is 9.07 Å². The molecular formula is C10H6FN2O2-. The summed E-state index contributed by atoms with van der Waals surface area (Å²) in [5, 5.41) is 14.3. The van der Waals surface area contributed by atoms with Crippen LogP contribution in [0.4, 0.5) is 4.39 Å². The van der Waals surface area contributed by atoms with Gasteiger partial charge in [0.25, 0.3) is 0 Å². The Kier molecular flexibility index (Phi) is 2.21. The van der Waals surface area contributed by atoms with E-state index in [0.29, 0.717) is 5.69 Å². The van der Waals surface area contributed by atoms with E-state index in [0.717, 1.165) is 0 Å². The van der Waals surface area contributed by atoms with Crippen LogP contribution < -0.4 is 5.11 Å². The summed E-state index contributed by atoms with van der Waals surface area (Å²) in [4.78, 5) is 10.5. The van der Waals surface area contributed by atoms with Crippen molar-refractivity contribution in [2.24, 2.45) is 0 Å². The Balaban J connectivity index is 2.37. The third-order valence-corrected chi connectivity index (χ3v) is 1.91. The van der Waals surface area contributed by atoms with Crippen LogP contribution in [-0.2, 0) is 0 Å². The van der Waals surface area contributed by atoms with Crippen molar-refractivity contribution in [3.8, 4) is 5.69 Å². The van der Waals surface area contributed by atoms with E-state index in [4.69, 9.17) is 0 Å². The van der Waals surface area contributed by atoms with E-state index in [2.05, 4.69) is 5.10 Å². The SMILES string of the molecule is O=C([O-])c1cnn(-c2ccc(F)cc2)c1. The Labute approximate surface area is 84.6 Å². The second-order valence-corrected chi connectivity index (χ2v) is 2.94. The lowest BCUT2D eigenvalue weighted by Gasteiger charge is -2.00. The molecule has 0 fully saturated rings. The lowest BCUT2D eigenvalue weighted by Crippen LogP contribution is -2.21. The van der Waals surface area contributed by atoms with Gasteiger partial charge in [0, 0.05) is 11.8 Å². The van der Waals surface area contributed by atoms with Gasteiger partial charge in [-0.15, -0.1) is 0 Å². The van der Waals surface area contributed by atoms with Gasteiger partial charge in [-0.1, -0.05) is 0 Å². The molecule has 0 bridgehead atoms. The van der Waals surface area contributed by atoms with Gasteiger partial charge in [0.1, 0.15) is 5.82 Å². The summed E-state index contributed by atoms with van der Waals surface area (Å²) in [6.45, 7) is 0. The molecule has 4 nitrogen and oxygen atoms in total. The highest BCUT2D eigenvalue weighted by Gasteiger charge is 2.01. The van der Waals surface area contributed by atoms with Crippen molar-refractivity contribution in [1.29, 1.82) is 0 Å². The second kappa shape index (κ2) is 3.53. The van der Waals surface area contributed by atoms with Gasteiger partial charge in [-0.3, -0.25) is 0 Å². The molecule has 0 saturated heterocycles. The molecule has 0 N–H and O–H groups in total. The number of hydrogen-bond acceptors (Lipinski definition) is 3. The third-order valence-electron chi connectivity index (χ3n) is 1.91. The number of aromatic nitrogens is 2. The van der Waals surface area contributed by atoms with E-state index in [1.807, 2.05) is 0 Å². The highest BCUT2D eigenvalue weighted by Crippen LogP contribution is 2.08. The molecule has 0 spiro atoms. The van der Waals surface area contributed by atoms with Crippen LogP contribution >= 0.6 is 0 Å². The zero-order valence-corrected chi connectivity index (χ0v) is 7.55. The molecule has 1 heterocycles. The van der Waals surface area contributed by atoms with Gasteiger partial charge < -0.3 is 9.90 Å². The Morgan fingerprint density at radius 2 is 2.00 bits per heavy atom. The minimum Gasteiger partial charge on any atom is -0.545 e. The summed E-state index contributed by atoms with van der Waals surface area (Å²) >= 11 is 0. The van der Waals surface area contributed by atoms with E-state index in [1.165, 1.54) is 41.3 Å². The Hall–Kier alpha value is -2.17. The first-order chi connectivity index (χ1) is 7.16. The summed E-state index contributed by atoms with van der Waals surface area (Å²) in [7, 11) is 0. The molecule has 0 aliphatic carbocycles. The first-order valence-corrected chi connectivity index (χ1v) is 4.19. The molecule has 0 aliphatic heterocycles. The molecule has 0 atom stereocenters. The number of rotatable bonds is 2. The summed E-state index contributed by atoms with van der Waals surface area (Å²) in [6, 6.07) is 5.55. The number of carboxylic acid groups (broad SMARTS) is 1. The van der Waals surface area contributed by atoms with Gasteiger partial charge in [0.05, 0.1) is 17.9 Å². The van der Waals surface area contributed by atoms with Crippen molar-refractivity contribution in [1.82, 2.24) is 9.78 Å². The minimum atomic E-state index is -1.29. The number of nitrogens with zero attached hydrogens (tertiary/aromatic N) is 2. The molecular weight excluding hydrogens is 199 g/mol. The predicted molar refractivity (Wildman–Crippen MR) is 47.9 cm³/mol. The Morgan fingerprint density at radius 1 is 1.33 bits per heavy atom. The van der Waals surface area contributed by atoms with Crippen LogP contribution in [-0.4, -0.2) is 15.7 Å². The van der Waals surface area contributed by atoms with Crippen LogP contribution in [0, 0.1) is 5.82 Å².